The van der Waals surface area contributed by atoms with Crippen molar-refractivity contribution in [1.29, 1.82) is 0 Å². The molecule has 6 nitrogen and oxygen atoms in total. The highest BCUT2D eigenvalue weighted by Gasteiger charge is 2.19. The number of nitrogens with one attached hydrogen (secondary N) is 1. The van der Waals surface area contributed by atoms with Crippen molar-refractivity contribution in [3.05, 3.63) is 23.8 Å². The lowest BCUT2D eigenvalue weighted by Crippen LogP contribution is -2.25. The van der Waals surface area contributed by atoms with Crippen molar-refractivity contribution in [2.75, 3.05) is 26.9 Å². The van der Waals surface area contributed by atoms with Gasteiger partial charge in [-0.2, -0.15) is 0 Å². The molecule has 0 saturated carbocycles. The van der Waals surface area contributed by atoms with Crippen LogP contribution in [0, 0.1) is 0 Å². The third-order valence-corrected chi connectivity index (χ3v) is 3.74. The molecule has 0 bridgehead atoms. The second-order valence-corrected chi connectivity index (χ2v) is 5.44. The first-order valence-electron chi connectivity index (χ1n) is 5.52. The highest BCUT2D eigenvalue weighted by Crippen LogP contribution is 2.27. The number of sulfonamides is 1. The average Bonchev–Trinajstić information content (AvgIpc) is 2.82. The zero-order valence-electron chi connectivity index (χ0n) is 10.0. The maximum atomic E-state index is 11.9. The van der Waals surface area contributed by atoms with Crippen LogP contribution < -0.4 is 9.62 Å². The predicted octanol–water partition coefficient (Wildman–Crippen LogP) is 0.478. The minimum atomic E-state index is -3.65. The Morgan fingerprint density at radius 2 is 2.22 bits per heavy atom. The Morgan fingerprint density at radius 3 is 3.00 bits per heavy atom. The summed E-state index contributed by atoms with van der Waals surface area (Å²) in [7, 11) is -2.13. The Bertz CT molecular complexity index is 514. The molecule has 1 aliphatic rings. The average molecular weight is 273 g/mol. The second-order valence-electron chi connectivity index (χ2n) is 3.80. The fraction of sp³-hybridized carbons (Fsp3) is 0.455. The van der Waals surface area contributed by atoms with Crippen LogP contribution in [0.4, 0.5) is 0 Å². The third kappa shape index (κ3) is 2.99. The molecule has 0 radical (unpaired) electrons. The molecule has 1 N–H and O–H groups in total. The molecule has 0 atom stereocenters. The highest BCUT2D eigenvalue weighted by atomic mass is 32.2. The van der Waals surface area contributed by atoms with E-state index in [9.17, 15) is 8.42 Å². The first-order valence-corrected chi connectivity index (χ1v) is 7.00. The van der Waals surface area contributed by atoms with E-state index in [0.29, 0.717) is 13.2 Å². The van der Waals surface area contributed by atoms with Crippen molar-refractivity contribution in [1.82, 2.24) is 4.89 Å². The van der Waals surface area contributed by atoms with Gasteiger partial charge in [0.1, 0.15) is 5.75 Å². The molecule has 0 saturated heterocycles. The number of methoxy groups -OCH3 is 1. The smallest absolute Gasteiger partial charge is 0.262 e. The maximum absolute atomic E-state index is 11.9. The third-order valence-electron chi connectivity index (χ3n) is 2.53. The number of rotatable bonds is 6. The van der Waals surface area contributed by atoms with Gasteiger partial charge in [-0.05, 0) is 23.8 Å². The zero-order chi connectivity index (χ0) is 13.0. The summed E-state index contributed by atoms with van der Waals surface area (Å²) in [4.78, 5) is 7.04. The fourth-order valence-corrected chi connectivity index (χ4v) is 2.50. The van der Waals surface area contributed by atoms with Crippen LogP contribution in [0.1, 0.15) is 5.56 Å². The van der Waals surface area contributed by atoms with Crippen LogP contribution in [0.3, 0.4) is 0 Å². The van der Waals surface area contributed by atoms with E-state index < -0.39 is 10.0 Å². The Hall–Kier alpha value is -1.15. The first kappa shape index (κ1) is 13.3. The molecule has 18 heavy (non-hydrogen) atoms. The summed E-state index contributed by atoms with van der Waals surface area (Å²) in [5.74, 6) is 0.745. The quantitative estimate of drug-likeness (QED) is 0.603. The molecule has 0 aromatic heterocycles. The molecule has 2 rings (SSSR count). The summed E-state index contributed by atoms with van der Waals surface area (Å²) < 4.78 is 33.8. The summed E-state index contributed by atoms with van der Waals surface area (Å²) >= 11 is 0. The van der Waals surface area contributed by atoms with Crippen LogP contribution in [0.15, 0.2) is 23.1 Å². The van der Waals surface area contributed by atoms with Gasteiger partial charge >= 0.3 is 0 Å². The van der Waals surface area contributed by atoms with Crippen LogP contribution in [0.2, 0.25) is 0 Å². The van der Waals surface area contributed by atoms with Gasteiger partial charge in [-0.25, -0.2) is 8.42 Å². The van der Waals surface area contributed by atoms with Crippen LogP contribution in [-0.4, -0.2) is 35.3 Å². The van der Waals surface area contributed by atoms with Gasteiger partial charge in [0.2, 0.25) is 0 Å². The fourth-order valence-electron chi connectivity index (χ4n) is 1.62. The van der Waals surface area contributed by atoms with Gasteiger partial charge in [-0.3, -0.25) is 4.84 Å². The van der Waals surface area contributed by atoms with Crippen molar-refractivity contribution in [3.8, 4) is 5.75 Å². The Kier molecular flexibility index (Phi) is 4.18. The molecule has 0 unspecified atom stereocenters. The van der Waals surface area contributed by atoms with E-state index in [1.54, 1.807) is 12.1 Å². The van der Waals surface area contributed by atoms with Crippen molar-refractivity contribution >= 4 is 10.0 Å². The first-order chi connectivity index (χ1) is 8.63. The van der Waals surface area contributed by atoms with E-state index in [1.807, 2.05) is 0 Å². The van der Waals surface area contributed by atoms with Crippen molar-refractivity contribution < 1.29 is 22.7 Å². The van der Waals surface area contributed by atoms with Crippen LogP contribution in [-0.2, 0) is 26.0 Å². The Balaban J connectivity index is 2.05. The molecular weight excluding hydrogens is 258 g/mol. The van der Waals surface area contributed by atoms with E-state index in [4.69, 9.17) is 14.3 Å². The molecule has 1 aromatic carbocycles. The lowest BCUT2D eigenvalue weighted by atomic mass is 10.2. The van der Waals surface area contributed by atoms with Gasteiger partial charge in [-0.15, -0.1) is 0 Å². The molecule has 1 heterocycles. The summed E-state index contributed by atoms with van der Waals surface area (Å²) in [6.45, 7) is 1.07. The van der Waals surface area contributed by atoms with Gasteiger partial charge in [0.15, 0.2) is 0 Å². The number of hydrogen-bond acceptors (Lipinski definition) is 5. The molecule has 1 aliphatic heterocycles. The van der Waals surface area contributed by atoms with Crippen LogP contribution >= 0.6 is 0 Å². The molecule has 1 aromatic rings. The van der Waals surface area contributed by atoms with E-state index in [0.717, 1.165) is 17.7 Å². The van der Waals surface area contributed by atoms with Crippen LogP contribution in [0.25, 0.3) is 0 Å². The molecular formula is C11H15NO5S. The van der Waals surface area contributed by atoms with Crippen LogP contribution in [0.5, 0.6) is 5.75 Å². The Morgan fingerprint density at radius 1 is 1.39 bits per heavy atom. The highest BCUT2D eigenvalue weighted by molar-refractivity contribution is 7.89. The van der Waals surface area contributed by atoms with Crippen molar-refractivity contribution in [2.45, 2.75) is 11.3 Å². The number of hydrogen-bond donors (Lipinski definition) is 1. The summed E-state index contributed by atoms with van der Waals surface area (Å²) in [5, 5.41) is 0. The molecule has 100 valence electrons. The van der Waals surface area contributed by atoms with E-state index in [2.05, 4.69) is 4.89 Å². The molecule has 0 amide bonds. The number of benzene rings is 1. The largest absolute Gasteiger partial charge is 0.493 e. The maximum Gasteiger partial charge on any atom is 0.262 e. The van der Waals surface area contributed by atoms with Crippen molar-refractivity contribution in [3.63, 3.8) is 0 Å². The lowest BCUT2D eigenvalue weighted by Gasteiger charge is -2.08. The minimum Gasteiger partial charge on any atom is -0.493 e. The molecule has 7 heteroatoms. The normalized spacial score (nSPS) is 14.3. The minimum absolute atomic E-state index is 0.157. The standard InChI is InChI=1S/C11H15NO5S/c1-15-6-7-17-12-18(13,14)10-2-3-11-9(8-10)4-5-16-11/h2-3,8,12H,4-7H2,1H3. The van der Waals surface area contributed by atoms with Gasteiger partial charge in [0.25, 0.3) is 10.0 Å². The monoisotopic (exact) mass is 273 g/mol. The summed E-state index contributed by atoms with van der Waals surface area (Å²) in [5.41, 5.74) is 0.898. The van der Waals surface area contributed by atoms with Gasteiger partial charge in [-0.1, -0.05) is 4.89 Å². The molecule has 0 spiro atoms. The zero-order valence-corrected chi connectivity index (χ0v) is 10.8. The van der Waals surface area contributed by atoms with E-state index in [-0.39, 0.29) is 11.5 Å². The van der Waals surface area contributed by atoms with E-state index >= 15 is 0 Å². The van der Waals surface area contributed by atoms with Gasteiger partial charge < -0.3 is 9.47 Å². The number of ether oxygens (including phenoxy) is 2. The van der Waals surface area contributed by atoms with E-state index in [1.165, 1.54) is 13.2 Å². The summed E-state index contributed by atoms with van der Waals surface area (Å²) in [6.07, 6.45) is 0.725. The molecule has 0 fully saturated rings. The van der Waals surface area contributed by atoms with Gasteiger partial charge in [0, 0.05) is 13.5 Å². The van der Waals surface area contributed by atoms with Gasteiger partial charge in [0.05, 0.1) is 24.7 Å². The SMILES string of the molecule is COCCONS(=O)(=O)c1ccc2c(c1)CCO2. The summed E-state index contributed by atoms with van der Waals surface area (Å²) in [6, 6.07) is 4.75. The molecule has 0 aliphatic carbocycles. The second kappa shape index (κ2) is 5.66. The Labute approximate surface area is 106 Å². The predicted molar refractivity (Wildman–Crippen MR) is 63.8 cm³/mol. The topological polar surface area (TPSA) is 73.9 Å². The van der Waals surface area contributed by atoms with Crippen molar-refractivity contribution in [2.24, 2.45) is 0 Å². The lowest BCUT2D eigenvalue weighted by molar-refractivity contribution is 0.0438. The number of fused-ring (bicyclic) bond motifs is 1.